The number of aromatic nitrogens is 3. The summed E-state index contributed by atoms with van der Waals surface area (Å²) in [5.41, 5.74) is 1.77. The highest BCUT2D eigenvalue weighted by Gasteiger charge is 2.22. The third-order valence-electron chi connectivity index (χ3n) is 4.35. The van der Waals surface area contributed by atoms with E-state index >= 15 is 0 Å². The first-order valence-electron chi connectivity index (χ1n) is 8.69. The number of aryl methyl sites for hydroxylation is 2. The van der Waals surface area contributed by atoms with E-state index in [-0.39, 0.29) is 17.7 Å². The lowest BCUT2D eigenvalue weighted by Gasteiger charge is -2.24. The molecule has 28 heavy (non-hydrogen) atoms. The molecule has 2 aromatic heterocycles. The fourth-order valence-corrected chi connectivity index (χ4v) is 4.41. The monoisotopic (exact) mass is 418 g/mol. The van der Waals surface area contributed by atoms with Crippen molar-refractivity contribution < 1.29 is 14.1 Å². The Morgan fingerprint density at radius 1 is 1.36 bits per heavy atom. The van der Waals surface area contributed by atoms with Crippen molar-refractivity contribution in [3.63, 3.8) is 0 Å². The molecule has 0 bridgehead atoms. The number of ether oxygens (including phenoxy) is 1. The molecule has 0 aliphatic carbocycles. The van der Waals surface area contributed by atoms with E-state index < -0.39 is 0 Å². The molecule has 9 heteroatoms. The maximum atomic E-state index is 12.6. The highest BCUT2D eigenvalue weighted by molar-refractivity contribution is 7.99. The third kappa shape index (κ3) is 4.53. The van der Waals surface area contributed by atoms with E-state index in [0.29, 0.717) is 11.0 Å². The summed E-state index contributed by atoms with van der Waals surface area (Å²) in [6.45, 7) is 5.96. The SMILES string of the molecule is COc1cccc(-c2noc(SCC(=O)N(C)[C@H](C)c3sc(C)nc3C)n2)c1. The van der Waals surface area contributed by atoms with Crippen molar-refractivity contribution >= 4 is 29.0 Å². The van der Waals surface area contributed by atoms with Crippen molar-refractivity contribution in [3.8, 4) is 17.1 Å². The zero-order valence-corrected chi connectivity index (χ0v) is 18.1. The van der Waals surface area contributed by atoms with Crippen molar-refractivity contribution in [3.05, 3.63) is 39.8 Å². The Morgan fingerprint density at radius 3 is 2.82 bits per heavy atom. The quantitative estimate of drug-likeness (QED) is 0.534. The summed E-state index contributed by atoms with van der Waals surface area (Å²) < 4.78 is 10.5. The van der Waals surface area contributed by atoms with Crippen LogP contribution in [0.1, 0.15) is 28.5 Å². The van der Waals surface area contributed by atoms with Crippen LogP contribution in [0.5, 0.6) is 5.75 Å². The minimum absolute atomic E-state index is 0.0101. The molecule has 3 aromatic rings. The molecule has 7 nitrogen and oxygen atoms in total. The van der Waals surface area contributed by atoms with Crippen LogP contribution in [0.2, 0.25) is 0 Å². The predicted octanol–water partition coefficient (Wildman–Crippen LogP) is 4.13. The number of thiazole rings is 1. The summed E-state index contributed by atoms with van der Waals surface area (Å²) in [5.74, 6) is 1.39. The predicted molar refractivity (Wildman–Crippen MR) is 110 cm³/mol. The molecule has 0 aliphatic rings. The molecule has 0 radical (unpaired) electrons. The molecule has 2 heterocycles. The van der Waals surface area contributed by atoms with Gasteiger partial charge in [-0.1, -0.05) is 29.1 Å². The highest BCUT2D eigenvalue weighted by Crippen LogP contribution is 2.29. The Bertz CT molecular complexity index is 970. The van der Waals surface area contributed by atoms with Crippen LogP contribution in [0.4, 0.5) is 0 Å². The second-order valence-corrected chi connectivity index (χ2v) is 8.43. The van der Waals surface area contributed by atoms with Gasteiger partial charge in [0, 0.05) is 17.5 Å². The Balaban J connectivity index is 1.61. The Kier molecular flexibility index (Phi) is 6.35. The molecule has 0 aliphatic heterocycles. The van der Waals surface area contributed by atoms with Crippen molar-refractivity contribution in [2.45, 2.75) is 32.0 Å². The molecule has 1 amide bonds. The van der Waals surface area contributed by atoms with Crippen LogP contribution in [0.3, 0.4) is 0 Å². The van der Waals surface area contributed by atoms with Crippen molar-refractivity contribution in [1.82, 2.24) is 20.0 Å². The van der Waals surface area contributed by atoms with Crippen LogP contribution < -0.4 is 4.74 Å². The van der Waals surface area contributed by atoms with Gasteiger partial charge in [-0.3, -0.25) is 4.79 Å². The molecular formula is C19H22N4O3S2. The molecule has 0 saturated carbocycles. The number of benzene rings is 1. The van der Waals surface area contributed by atoms with Crippen LogP contribution >= 0.6 is 23.1 Å². The zero-order chi connectivity index (χ0) is 20.3. The normalized spacial score (nSPS) is 12.0. The summed E-state index contributed by atoms with van der Waals surface area (Å²) >= 11 is 2.85. The molecule has 0 fully saturated rings. The van der Waals surface area contributed by atoms with Gasteiger partial charge in [0.05, 0.1) is 29.6 Å². The summed E-state index contributed by atoms with van der Waals surface area (Å²) in [6.07, 6.45) is 0. The molecule has 0 saturated heterocycles. The fourth-order valence-electron chi connectivity index (χ4n) is 2.70. The molecule has 0 spiro atoms. The number of carbonyl (C=O) groups is 1. The smallest absolute Gasteiger partial charge is 0.286 e. The summed E-state index contributed by atoms with van der Waals surface area (Å²) in [5, 5.41) is 5.35. The first kappa shape index (κ1) is 20.3. The number of hydrogen-bond donors (Lipinski definition) is 0. The first-order valence-corrected chi connectivity index (χ1v) is 10.5. The zero-order valence-electron chi connectivity index (χ0n) is 16.4. The average molecular weight is 419 g/mol. The number of amides is 1. The Morgan fingerprint density at radius 2 is 2.14 bits per heavy atom. The van der Waals surface area contributed by atoms with Gasteiger partial charge < -0.3 is 14.2 Å². The topological polar surface area (TPSA) is 81.4 Å². The van der Waals surface area contributed by atoms with Crippen LogP contribution in [0.15, 0.2) is 34.0 Å². The lowest BCUT2D eigenvalue weighted by Crippen LogP contribution is -2.31. The van der Waals surface area contributed by atoms with Gasteiger partial charge in [-0.25, -0.2) is 4.98 Å². The first-order chi connectivity index (χ1) is 13.4. The number of hydrogen-bond acceptors (Lipinski definition) is 8. The maximum absolute atomic E-state index is 12.6. The summed E-state index contributed by atoms with van der Waals surface area (Å²) in [4.78, 5) is 24.2. The largest absolute Gasteiger partial charge is 0.497 e. The number of methoxy groups -OCH3 is 1. The van der Waals surface area contributed by atoms with Gasteiger partial charge in [0.25, 0.3) is 5.22 Å². The Hall–Kier alpha value is -2.39. The van der Waals surface area contributed by atoms with E-state index in [0.717, 1.165) is 26.9 Å². The van der Waals surface area contributed by atoms with E-state index in [1.165, 1.54) is 11.8 Å². The number of rotatable bonds is 7. The van der Waals surface area contributed by atoms with Crippen LogP contribution in [-0.4, -0.2) is 45.8 Å². The van der Waals surface area contributed by atoms with Crippen LogP contribution in [0.25, 0.3) is 11.4 Å². The molecule has 148 valence electrons. The van der Waals surface area contributed by atoms with E-state index in [1.807, 2.05) is 45.0 Å². The lowest BCUT2D eigenvalue weighted by atomic mass is 10.2. The second kappa shape index (κ2) is 8.74. The molecular weight excluding hydrogens is 396 g/mol. The van der Waals surface area contributed by atoms with Gasteiger partial charge >= 0.3 is 0 Å². The maximum Gasteiger partial charge on any atom is 0.286 e. The van der Waals surface area contributed by atoms with Gasteiger partial charge in [-0.05, 0) is 32.9 Å². The lowest BCUT2D eigenvalue weighted by molar-refractivity contribution is -0.128. The minimum Gasteiger partial charge on any atom is -0.497 e. The van der Waals surface area contributed by atoms with E-state index in [2.05, 4.69) is 15.1 Å². The standard InChI is InChI=1S/C19H22N4O3S2/c1-11-17(28-13(3)20-11)12(2)23(4)16(24)10-27-19-21-18(22-26-19)14-7-6-8-15(9-14)25-5/h6-9,12H,10H2,1-5H3/t12-/m1/s1. The van der Waals surface area contributed by atoms with Crippen LogP contribution in [-0.2, 0) is 4.79 Å². The van der Waals surface area contributed by atoms with Gasteiger partial charge in [0.15, 0.2) is 0 Å². The fraction of sp³-hybridized carbons (Fsp3) is 0.368. The molecule has 1 aromatic carbocycles. The van der Waals surface area contributed by atoms with E-state index in [4.69, 9.17) is 9.26 Å². The molecule has 0 unspecified atom stereocenters. The van der Waals surface area contributed by atoms with E-state index in [1.54, 1.807) is 30.4 Å². The number of nitrogens with zero attached hydrogens (tertiary/aromatic N) is 4. The Labute approximate surface area is 172 Å². The van der Waals surface area contributed by atoms with Crippen molar-refractivity contribution in [2.75, 3.05) is 19.9 Å². The third-order valence-corrected chi connectivity index (χ3v) is 6.39. The molecule has 3 rings (SSSR count). The average Bonchev–Trinajstić information content (AvgIpc) is 3.31. The van der Waals surface area contributed by atoms with Gasteiger partial charge in [0.1, 0.15) is 5.75 Å². The second-order valence-electron chi connectivity index (χ2n) is 6.27. The van der Waals surface area contributed by atoms with Crippen LogP contribution in [0, 0.1) is 13.8 Å². The number of carbonyl (C=O) groups excluding carboxylic acids is 1. The molecule has 1 atom stereocenters. The van der Waals surface area contributed by atoms with Gasteiger partial charge in [-0.2, -0.15) is 4.98 Å². The van der Waals surface area contributed by atoms with Crippen molar-refractivity contribution in [2.24, 2.45) is 0 Å². The van der Waals surface area contributed by atoms with E-state index in [9.17, 15) is 4.79 Å². The van der Waals surface area contributed by atoms with Gasteiger partial charge in [-0.15, -0.1) is 11.3 Å². The summed E-state index contributed by atoms with van der Waals surface area (Å²) in [6, 6.07) is 7.39. The number of thioether (sulfide) groups is 1. The highest BCUT2D eigenvalue weighted by atomic mass is 32.2. The van der Waals surface area contributed by atoms with Crippen molar-refractivity contribution in [1.29, 1.82) is 0 Å². The summed E-state index contributed by atoms with van der Waals surface area (Å²) in [7, 11) is 3.41. The minimum atomic E-state index is -0.0330. The van der Waals surface area contributed by atoms with Gasteiger partial charge in [0.2, 0.25) is 11.7 Å². The molecule has 0 N–H and O–H groups in total.